The molecule has 31 heavy (non-hydrogen) atoms. The molecule has 2 fully saturated rings. The second kappa shape index (κ2) is 7.09. The van der Waals surface area contributed by atoms with Crippen LogP contribution in [-0.4, -0.2) is 46.9 Å². The van der Waals surface area contributed by atoms with Crippen LogP contribution < -0.4 is 5.32 Å². The fourth-order valence-corrected chi connectivity index (χ4v) is 5.37. The lowest BCUT2D eigenvalue weighted by Gasteiger charge is -2.52. The van der Waals surface area contributed by atoms with Gasteiger partial charge in [-0.1, -0.05) is 42.0 Å². The molecule has 0 spiro atoms. The summed E-state index contributed by atoms with van der Waals surface area (Å²) in [4.78, 5) is 30.7. The van der Waals surface area contributed by atoms with Crippen molar-refractivity contribution >= 4 is 23.4 Å². The topological polar surface area (TPSA) is 52.7 Å². The summed E-state index contributed by atoms with van der Waals surface area (Å²) in [7, 11) is 0. The van der Waals surface area contributed by atoms with Gasteiger partial charge in [0.1, 0.15) is 11.3 Å². The van der Waals surface area contributed by atoms with E-state index in [0.717, 1.165) is 5.56 Å². The number of halogens is 2. The molecule has 160 valence electrons. The number of carbonyl (C=O) groups excluding carboxylic acids is 2. The van der Waals surface area contributed by atoms with Gasteiger partial charge in [0.2, 0.25) is 0 Å². The normalized spacial score (nSPS) is 31.6. The molecule has 0 unspecified atom stereocenters. The molecule has 1 aromatic carbocycles. The van der Waals surface area contributed by atoms with Crippen molar-refractivity contribution < 1.29 is 14.0 Å². The summed E-state index contributed by atoms with van der Waals surface area (Å²) < 4.78 is 15.6. The number of carbonyl (C=O) groups is 2. The van der Waals surface area contributed by atoms with Crippen molar-refractivity contribution in [1.82, 2.24) is 15.1 Å². The van der Waals surface area contributed by atoms with Crippen molar-refractivity contribution in [2.75, 3.05) is 19.6 Å². The predicted octanol–water partition coefficient (Wildman–Crippen LogP) is 3.45. The number of nitrogens with zero attached hydrogens (tertiary/aromatic N) is 2. The summed E-state index contributed by atoms with van der Waals surface area (Å²) in [6.07, 6.45) is 10.5. The third-order valence-electron chi connectivity index (χ3n) is 6.81. The van der Waals surface area contributed by atoms with Crippen LogP contribution in [0.25, 0.3) is 0 Å². The minimum atomic E-state index is -1.68. The lowest BCUT2D eigenvalue weighted by atomic mass is 9.70. The van der Waals surface area contributed by atoms with Crippen LogP contribution in [0.2, 0.25) is 5.02 Å². The highest BCUT2D eigenvalue weighted by Crippen LogP contribution is 2.53. The van der Waals surface area contributed by atoms with E-state index in [1.54, 1.807) is 52.4 Å². The van der Waals surface area contributed by atoms with Crippen molar-refractivity contribution in [3.8, 4) is 0 Å². The first-order valence-corrected chi connectivity index (χ1v) is 10.8. The van der Waals surface area contributed by atoms with Gasteiger partial charge >= 0.3 is 0 Å². The third kappa shape index (κ3) is 2.96. The number of rotatable bonds is 2. The molecule has 0 aromatic heterocycles. The van der Waals surface area contributed by atoms with Crippen molar-refractivity contribution in [3.05, 3.63) is 82.6 Å². The third-order valence-corrected chi connectivity index (χ3v) is 7.06. The van der Waals surface area contributed by atoms with Crippen molar-refractivity contribution in [3.63, 3.8) is 0 Å². The highest BCUT2D eigenvalue weighted by molar-refractivity contribution is 6.30. The number of piperidine rings is 1. The van der Waals surface area contributed by atoms with Crippen LogP contribution in [0.15, 0.2) is 72.0 Å². The van der Waals surface area contributed by atoms with Crippen LogP contribution in [0.3, 0.4) is 0 Å². The van der Waals surface area contributed by atoms with Crippen LogP contribution in [0, 0.1) is 5.92 Å². The number of amides is 2. The fourth-order valence-electron chi connectivity index (χ4n) is 5.25. The number of benzene rings is 1. The molecular formula is C24H23ClFN3O2. The number of allylic oxidation sites excluding steroid dienone is 5. The molecule has 5 rings (SSSR count). The van der Waals surface area contributed by atoms with Gasteiger partial charge in [-0.15, -0.1) is 0 Å². The van der Waals surface area contributed by atoms with Crippen LogP contribution in [0.1, 0.15) is 18.9 Å². The zero-order valence-corrected chi connectivity index (χ0v) is 17.9. The predicted molar refractivity (Wildman–Crippen MR) is 117 cm³/mol. The maximum absolute atomic E-state index is 15.6. The molecule has 2 amide bonds. The molecule has 1 aromatic rings. The average molecular weight is 440 g/mol. The van der Waals surface area contributed by atoms with Gasteiger partial charge in [-0.25, -0.2) is 4.39 Å². The van der Waals surface area contributed by atoms with Crippen LogP contribution in [-0.2, 0) is 15.3 Å². The fraction of sp³-hybridized carbons (Fsp3) is 0.333. The maximum Gasteiger partial charge on any atom is 0.253 e. The Bertz CT molecular complexity index is 1070. The molecule has 0 radical (unpaired) electrons. The first kappa shape index (κ1) is 20.1. The highest BCUT2D eigenvalue weighted by Gasteiger charge is 2.60. The Hall–Kier alpha value is -2.86. The number of dihydropyridines is 1. The second-order valence-electron chi connectivity index (χ2n) is 8.56. The molecule has 3 atom stereocenters. The van der Waals surface area contributed by atoms with E-state index in [4.69, 9.17) is 11.6 Å². The van der Waals surface area contributed by atoms with Gasteiger partial charge in [0.25, 0.3) is 11.8 Å². The van der Waals surface area contributed by atoms with Crippen molar-refractivity contribution in [1.29, 1.82) is 0 Å². The maximum atomic E-state index is 15.6. The molecule has 3 heterocycles. The largest absolute Gasteiger partial charge is 0.387 e. The Kier molecular flexibility index (Phi) is 4.59. The average Bonchev–Trinajstić information content (AvgIpc) is 3.16. The van der Waals surface area contributed by atoms with E-state index < -0.39 is 17.2 Å². The standard InChI is InChI=1S/C24H23ClFN3O2/c1-23(26)10-2-5-19-20(23)14-24(17-6-8-18(25)9-7-17)28(12-13-29(24)22(19)31)21(30)16-4-3-11-27-15-16/h2-11,20,27H,12-15H2,1H3/t20-,23-,24+/m1/s1. The van der Waals surface area contributed by atoms with Gasteiger partial charge in [-0.2, -0.15) is 0 Å². The molecule has 1 aliphatic carbocycles. The van der Waals surface area contributed by atoms with E-state index in [1.807, 2.05) is 12.1 Å². The van der Waals surface area contributed by atoms with Gasteiger partial charge in [0, 0.05) is 48.1 Å². The first-order chi connectivity index (χ1) is 14.8. The van der Waals surface area contributed by atoms with E-state index in [2.05, 4.69) is 5.32 Å². The second-order valence-corrected chi connectivity index (χ2v) is 8.99. The lowest BCUT2D eigenvalue weighted by Crippen LogP contribution is -2.61. The number of hydrogen-bond acceptors (Lipinski definition) is 3. The van der Waals surface area contributed by atoms with Crippen LogP contribution in [0.4, 0.5) is 4.39 Å². The van der Waals surface area contributed by atoms with E-state index in [-0.39, 0.29) is 18.2 Å². The summed E-state index contributed by atoms with van der Waals surface area (Å²) in [5.41, 5.74) is -0.913. The van der Waals surface area contributed by atoms with Crippen molar-refractivity contribution in [2.45, 2.75) is 24.7 Å². The quantitative estimate of drug-likeness (QED) is 0.768. The SMILES string of the molecule is C[C@@]1(F)C=CC=C2C(=O)N3CCN(C(=O)C4=CC=CNC4)[C@@]3(c3ccc(Cl)cc3)C[C@H]21. The zero-order chi connectivity index (χ0) is 21.8. The van der Waals surface area contributed by atoms with E-state index in [9.17, 15) is 9.59 Å². The molecule has 7 heteroatoms. The Morgan fingerprint density at radius 3 is 2.68 bits per heavy atom. The molecule has 0 bridgehead atoms. The Morgan fingerprint density at radius 2 is 1.97 bits per heavy atom. The summed E-state index contributed by atoms with van der Waals surface area (Å²) in [5, 5.41) is 3.63. The van der Waals surface area contributed by atoms with E-state index in [0.29, 0.717) is 35.8 Å². The van der Waals surface area contributed by atoms with Crippen LogP contribution >= 0.6 is 11.6 Å². The first-order valence-electron chi connectivity index (χ1n) is 10.4. The molecular weight excluding hydrogens is 417 g/mol. The summed E-state index contributed by atoms with van der Waals surface area (Å²) in [6, 6.07) is 7.18. The van der Waals surface area contributed by atoms with Gasteiger partial charge in [-0.3, -0.25) is 9.59 Å². The molecule has 2 saturated heterocycles. The number of hydrogen-bond donors (Lipinski definition) is 1. The minimum absolute atomic E-state index is 0.151. The summed E-state index contributed by atoms with van der Waals surface area (Å²) in [6.45, 7) is 2.68. The smallest absolute Gasteiger partial charge is 0.253 e. The van der Waals surface area contributed by atoms with Crippen molar-refractivity contribution in [2.24, 2.45) is 5.92 Å². The Balaban J connectivity index is 1.67. The number of fused-ring (bicyclic) bond motifs is 2. The molecule has 3 aliphatic heterocycles. The molecule has 5 nitrogen and oxygen atoms in total. The molecule has 4 aliphatic rings. The Morgan fingerprint density at radius 1 is 1.19 bits per heavy atom. The highest BCUT2D eigenvalue weighted by atomic mass is 35.5. The van der Waals surface area contributed by atoms with Gasteiger partial charge in [0.15, 0.2) is 0 Å². The molecule has 1 N–H and O–H groups in total. The zero-order valence-electron chi connectivity index (χ0n) is 17.1. The minimum Gasteiger partial charge on any atom is -0.387 e. The van der Waals surface area contributed by atoms with Gasteiger partial charge < -0.3 is 15.1 Å². The lowest BCUT2D eigenvalue weighted by molar-refractivity contribution is -0.152. The number of nitrogens with one attached hydrogen (secondary N) is 1. The Labute approximate surface area is 185 Å². The summed E-state index contributed by atoms with van der Waals surface area (Å²) in [5.74, 6) is -1.02. The summed E-state index contributed by atoms with van der Waals surface area (Å²) >= 11 is 6.13. The van der Waals surface area contributed by atoms with Gasteiger partial charge in [0.05, 0.1) is 0 Å². The monoisotopic (exact) mass is 439 g/mol. The van der Waals surface area contributed by atoms with E-state index in [1.165, 1.54) is 13.0 Å². The van der Waals surface area contributed by atoms with E-state index >= 15 is 4.39 Å². The molecule has 0 saturated carbocycles. The van der Waals surface area contributed by atoms with Gasteiger partial charge in [-0.05, 0) is 43.0 Å². The van der Waals surface area contributed by atoms with Crippen LogP contribution in [0.5, 0.6) is 0 Å². The number of alkyl halides is 1.